The molecule has 2 aliphatic heterocycles. The molecule has 2 saturated heterocycles. The third-order valence-corrected chi connectivity index (χ3v) is 6.11. The molecule has 2 unspecified atom stereocenters. The summed E-state index contributed by atoms with van der Waals surface area (Å²) in [5.41, 5.74) is 0.822. The molecule has 2 atom stereocenters. The van der Waals surface area contributed by atoms with E-state index in [0.717, 1.165) is 30.4 Å². The minimum atomic E-state index is -1.25. The Labute approximate surface area is 164 Å². The number of hydrogen-bond acceptors (Lipinski definition) is 3. The Kier molecular flexibility index (Phi) is 5.11. The normalized spacial score (nSPS) is 26.8. The molecule has 2 heterocycles. The molecule has 2 aromatic rings. The van der Waals surface area contributed by atoms with Crippen molar-refractivity contribution in [3.05, 3.63) is 71.0 Å². The van der Waals surface area contributed by atoms with Crippen LogP contribution in [0.1, 0.15) is 48.8 Å². The fourth-order valence-electron chi connectivity index (χ4n) is 4.95. The van der Waals surface area contributed by atoms with Gasteiger partial charge in [-0.3, -0.25) is 0 Å². The van der Waals surface area contributed by atoms with E-state index in [1.807, 2.05) is 43.3 Å². The lowest BCUT2D eigenvalue weighted by Gasteiger charge is -2.51. The number of halogens is 1. The van der Waals surface area contributed by atoms with Crippen molar-refractivity contribution >= 4 is 6.09 Å². The number of piperidine rings is 2. The number of fused-ring (bicyclic) bond motifs is 2. The minimum absolute atomic E-state index is 0.139. The van der Waals surface area contributed by atoms with Crippen molar-refractivity contribution in [1.82, 2.24) is 4.90 Å². The molecule has 28 heavy (non-hydrogen) atoms. The average Bonchev–Trinajstić information content (AvgIpc) is 2.66. The van der Waals surface area contributed by atoms with Crippen molar-refractivity contribution in [2.45, 2.75) is 63.3 Å². The Hall–Kier alpha value is -2.40. The van der Waals surface area contributed by atoms with Gasteiger partial charge in [-0.15, -0.1) is 0 Å². The SMILES string of the molecule is Cc1cccc(F)c1C1(O)CC2CCCC(C1)N2C(=O)OCc1ccccc1. The van der Waals surface area contributed by atoms with Crippen LogP contribution in [0.3, 0.4) is 0 Å². The molecule has 4 nitrogen and oxygen atoms in total. The van der Waals surface area contributed by atoms with E-state index in [0.29, 0.717) is 18.4 Å². The summed E-state index contributed by atoms with van der Waals surface area (Å²) in [7, 11) is 0. The predicted molar refractivity (Wildman–Crippen MR) is 104 cm³/mol. The molecule has 0 saturated carbocycles. The molecular weight excluding hydrogens is 357 g/mol. The second-order valence-electron chi connectivity index (χ2n) is 8.06. The first-order valence-corrected chi connectivity index (χ1v) is 9.95. The Morgan fingerprint density at radius 3 is 2.46 bits per heavy atom. The van der Waals surface area contributed by atoms with Gasteiger partial charge in [0.15, 0.2) is 0 Å². The summed E-state index contributed by atoms with van der Waals surface area (Å²) < 4.78 is 20.1. The summed E-state index contributed by atoms with van der Waals surface area (Å²) >= 11 is 0. The maximum absolute atomic E-state index is 14.6. The zero-order valence-electron chi connectivity index (χ0n) is 16.1. The van der Waals surface area contributed by atoms with Crippen LogP contribution >= 0.6 is 0 Å². The van der Waals surface area contributed by atoms with Crippen molar-refractivity contribution < 1.29 is 19.0 Å². The van der Waals surface area contributed by atoms with E-state index < -0.39 is 5.60 Å². The highest BCUT2D eigenvalue weighted by Crippen LogP contribution is 2.46. The number of carbonyl (C=O) groups excluding carboxylic acids is 1. The summed E-state index contributed by atoms with van der Waals surface area (Å²) in [5, 5.41) is 11.4. The summed E-state index contributed by atoms with van der Waals surface area (Å²) in [6.45, 7) is 2.05. The quantitative estimate of drug-likeness (QED) is 0.838. The second-order valence-corrected chi connectivity index (χ2v) is 8.06. The van der Waals surface area contributed by atoms with Gasteiger partial charge in [-0.2, -0.15) is 0 Å². The van der Waals surface area contributed by atoms with Crippen LogP contribution in [-0.2, 0) is 16.9 Å². The molecule has 2 fully saturated rings. The second kappa shape index (κ2) is 7.55. The smallest absolute Gasteiger partial charge is 0.410 e. The molecule has 0 aromatic heterocycles. The van der Waals surface area contributed by atoms with E-state index in [1.54, 1.807) is 11.0 Å². The highest BCUT2D eigenvalue weighted by molar-refractivity contribution is 5.69. The van der Waals surface area contributed by atoms with Crippen LogP contribution < -0.4 is 0 Å². The molecule has 1 N–H and O–H groups in total. The van der Waals surface area contributed by atoms with Crippen LogP contribution in [0.5, 0.6) is 0 Å². The van der Waals surface area contributed by atoms with Gasteiger partial charge < -0.3 is 14.7 Å². The molecule has 2 aromatic carbocycles. The fraction of sp³-hybridized carbons (Fsp3) is 0.435. The number of benzene rings is 2. The van der Waals surface area contributed by atoms with Crippen LogP contribution in [0.15, 0.2) is 48.5 Å². The highest BCUT2D eigenvalue weighted by Gasteiger charge is 2.49. The molecular formula is C23H26FNO3. The van der Waals surface area contributed by atoms with Crippen molar-refractivity contribution in [1.29, 1.82) is 0 Å². The lowest BCUT2D eigenvalue weighted by atomic mass is 9.71. The van der Waals surface area contributed by atoms with Crippen molar-refractivity contribution in [2.75, 3.05) is 0 Å². The van der Waals surface area contributed by atoms with E-state index >= 15 is 0 Å². The number of hydrogen-bond donors (Lipinski definition) is 1. The number of rotatable bonds is 3. The first kappa shape index (κ1) is 18.9. The molecule has 0 aliphatic carbocycles. The van der Waals surface area contributed by atoms with Gasteiger partial charge >= 0.3 is 6.09 Å². The fourth-order valence-corrected chi connectivity index (χ4v) is 4.95. The summed E-state index contributed by atoms with van der Waals surface area (Å²) in [5.74, 6) is -0.374. The number of aliphatic hydroxyl groups is 1. The third kappa shape index (κ3) is 3.51. The van der Waals surface area contributed by atoms with E-state index in [2.05, 4.69) is 0 Å². The molecule has 4 rings (SSSR count). The zero-order valence-corrected chi connectivity index (χ0v) is 16.1. The maximum Gasteiger partial charge on any atom is 0.410 e. The van der Waals surface area contributed by atoms with Gasteiger partial charge in [0.2, 0.25) is 0 Å². The van der Waals surface area contributed by atoms with Gasteiger partial charge in [-0.05, 0) is 43.4 Å². The van der Waals surface area contributed by atoms with E-state index in [4.69, 9.17) is 4.74 Å². The molecule has 2 aliphatic rings. The van der Waals surface area contributed by atoms with E-state index in [1.165, 1.54) is 6.07 Å². The van der Waals surface area contributed by atoms with Gasteiger partial charge in [-0.1, -0.05) is 42.5 Å². The summed E-state index contributed by atoms with van der Waals surface area (Å²) in [6, 6.07) is 14.2. The molecule has 0 spiro atoms. The summed E-state index contributed by atoms with van der Waals surface area (Å²) in [6.07, 6.45) is 2.94. The first-order chi connectivity index (χ1) is 13.5. The van der Waals surface area contributed by atoms with Crippen LogP contribution in [0, 0.1) is 12.7 Å². The molecule has 5 heteroatoms. The number of aryl methyl sites for hydroxylation is 1. The average molecular weight is 383 g/mol. The molecule has 2 bridgehead atoms. The highest BCUT2D eigenvalue weighted by atomic mass is 19.1. The van der Waals surface area contributed by atoms with Crippen molar-refractivity contribution in [3.8, 4) is 0 Å². The van der Waals surface area contributed by atoms with Crippen LogP contribution in [0.4, 0.5) is 9.18 Å². The Morgan fingerprint density at radius 2 is 1.82 bits per heavy atom. The van der Waals surface area contributed by atoms with E-state index in [9.17, 15) is 14.3 Å². The van der Waals surface area contributed by atoms with Crippen LogP contribution in [-0.4, -0.2) is 28.2 Å². The zero-order chi connectivity index (χ0) is 19.7. The topological polar surface area (TPSA) is 49.8 Å². The van der Waals surface area contributed by atoms with Gasteiger partial charge in [0.25, 0.3) is 0 Å². The lowest BCUT2D eigenvalue weighted by molar-refractivity contribution is -0.0914. The Bertz CT molecular complexity index is 820. The first-order valence-electron chi connectivity index (χ1n) is 9.95. The van der Waals surface area contributed by atoms with Crippen molar-refractivity contribution in [3.63, 3.8) is 0 Å². The molecule has 148 valence electrons. The number of carbonyl (C=O) groups is 1. The van der Waals surface area contributed by atoms with Gasteiger partial charge in [0.05, 0.1) is 5.60 Å². The molecule has 0 radical (unpaired) electrons. The van der Waals surface area contributed by atoms with Gasteiger partial charge in [0.1, 0.15) is 12.4 Å². The Balaban J connectivity index is 1.53. The third-order valence-electron chi connectivity index (χ3n) is 6.11. The monoisotopic (exact) mass is 383 g/mol. The standard InChI is InChI=1S/C23H26FNO3/c1-16-7-5-12-20(24)21(16)23(27)13-18-10-6-11-19(14-23)25(18)22(26)28-15-17-8-3-2-4-9-17/h2-5,7-9,12,18-19,27H,6,10-11,13-15H2,1H3. The van der Waals surface area contributed by atoms with Gasteiger partial charge in [0, 0.05) is 30.5 Å². The van der Waals surface area contributed by atoms with Crippen LogP contribution in [0.25, 0.3) is 0 Å². The molecule has 1 amide bonds. The van der Waals surface area contributed by atoms with Gasteiger partial charge in [-0.25, -0.2) is 9.18 Å². The number of nitrogens with zero attached hydrogens (tertiary/aromatic N) is 1. The minimum Gasteiger partial charge on any atom is -0.445 e. The van der Waals surface area contributed by atoms with E-state index in [-0.39, 0.29) is 30.6 Å². The maximum atomic E-state index is 14.6. The Morgan fingerprint density at radius 1 is 1.14 bits per heavy atom. The predicted octanol–water partition coefficient (Wildman–Crippen LogP) is 4.68. The lowest BCUT2D eigenvalue weighted by Crippen LogP contribution is -2.59. The van der Waals surface area contributed by atoms with Crippen LogP contribution in [0.2, 0.25) is 0 Å². The van der Waals surface area contributed by atoms with Crippen molar-refractivity contribution in [2.24, 2.45) is 0 Å². The number of amides is 1. The largest absolute Gasteiger partial charge is 0.445 e. The number of ether oxygens (including phenoxy) is 1. The summed E-state index contributed by atoms with van der Waals surface area (Å²) in [4.78, 5) is 14.6.